The average Bonchev–Trinajstić information content (AvgIpc) is 2.83. The Morgan fingerprint density at radius 1 is 0.914 bits per heavy atom. The van der Waals surface area contributed by atoms with Crippen molar-refractivity contribution >= 4 is 5.91 Å². The van der Waals surface area contributed by atoms with Gasteiger partial charge < -0.3 is 5.32 Å². The van der Waals surface area contributed by atoms with E-state index in [0.29, 0.717) is 12.1 Å². The van der Waals surface area contributed by atoms with E-state index in [2.05, 4.69) is 15.4 Å². The van der Waals surface area contributed by atoms with Gasteiger partial charge in [0.25, 0.3) is 11.5 Å². The van der Waals surface area contributed by atoms with Gasteiger partial charge in [0.1, 0.15) is 0 Å². The number of aromatic nitrogens is 4. The summed E-state index contributed by atoms with van der Waals surface area (Å²) in [7, 11) is 0. The van der Waals surface area contributed by atoms with Gasteiger partial charge in [-0.2, -0.15) is 9.78 Å². The van der Waals surface area contributed by atoms with Gasteiger partial charge in [0, 0.05) is 24.9 Å². The highest BCUT2D eigenvalue weighted by molar-refractivity contribution is 5.91. The number of amides is 1. The normalized spacial score (nSPS) is 10.8. The summed E-state index contributed by atoms with van der Waals surface area (Å²) in [5, 5.41) is 6.95. The van der Waals surface area contributed by atoms with Crippen LogP contribution in [-0.4, -0.2) is 31.8 Å². The molecule has 1 amide bonds. The van der Waals surface area contributed by atoms with E-state index in [4.69, 9.17) is 0 Å². The second-order valence-electron chi connectivity index (χ2n) is 8.59. The van der Waals surface area contributed by atoms with Gasteiger partial charge in [-0.15, -0.1) is 0 Å². The zero-order chi connectivity index (χ0) is 24.9. The van der Waals surface area contributed by atoms with E-state index in [0.717, 1.165) is 37.2 Å². The summed E-state index contributed by atoms with van der Waals surface area (Å²) < 4.78 is 2.19. The maximum Gasteiger partial charge on any atom is 0.352 e. The molecule has 8 heteroatoms. The van der Waals surface area contributed by atoms with Gasteiger partial charge in [-0.25, -0.2) is 4.79 Å². The van der Waals surface area contributed by atoms with Gasteiger partial charge in [-0.05, 0) is 61.7 Å². The van der Waals surface area contributed by atoms with Crippen LogP contribution in [0.25, 0.3) is 5.69 Å². The molecular weight excluding hydrogens is 442 g/mol. The Kier molecular flexibility index (Phi) is 7.01. The fourth-order valence-corrected chi connectivity index (χ4v) is 3.85. The molecule has 0 spiro atoms. The molecule has 178 valence electrons. The van der Waals surface area contributed by atoms with Crippen LogP contribution in [0.2, 0.25) is 0 Å². The Morgan fingerprint density at radius 3 is 2.29 bits per heavy atom. The lowest BCUT2D eigenvalue weighted by atomic mass is 10.1. The lowest BCUT2D eigenvalue weighted by Crippen LogP contribution is -2.46. The van der Waals surface area contributed by atoms with Crippen LogP contribution in [0.5, 0.6) is 0 Å². The zero-order valence-electron chi connectivity index (χ0n) is 20.0. The molecule has 0 fully saturated rings. The summed E-state index contributed by atoms with van der Waals surface area (Å²) in [5.74, 6) is -0.637. The van der Waals surface area contributed by atoms with E-state index in [1.54, 1.807) is 18.3 Å². The minimum absolute atomic E-state index is 0.0273. The van der Waals surface area contributed by atoms with Crippen LogP contribution < -0.4 is 16.6 Å². The van der Waals surface area contributed by atoms with Gasteiger partial charge >= 0.3 is 5.69 Å². The number of nitrogens with one attached hydrogen (secondary N) is 1. The Labute approximate surface area is 202 Å². The van der Waals surface area contributed by atoms with Crippen LogP contribution in [0.15, 0.2) is 76.4 Å². The number of rotatable bonds is 7. The maximum absolute atomic E-state index is 13.4. The summed E-state index contributed by atoms with van der Waals surface area (Å²) >= 11 is 0. The largest absolute Gasteiger partial charge is 0.352 e. The van der Waals surface area contributed by atoms with E-state index >= 15 is 0 Å². The fraction of sp³-hybridized carbons (Fsp3) is 0.222. The summed E-state index contributed by atoms with van der Waals surface area (Å²) in [4.78, 5) is 43.9. The summed E-state index contributed by atoms with van der Waals surface area (Å²) in [5.41, 5.74) is 3.35. The van der Waals surface area contributed by atoms with Crippen molar-refractivity contribution in [2.75, 3.05) is 6.54 Å². The summed E-state index contributed by atoms with van der Waals surface area (Å²) in [6, 6.07) is 18.7. The van der Waals surface area contributed by atoms with Crippen molar-refractivity contribution in [2.45, 2.75) is 33.7 Å². The highest BCUT2D eigenvalue weighted by atomic mass is 16.2. The first-order valence-electron chi connectivity index (χ1n) is 11.4. The van der Waals surface area contributed by atoms with Crippen molar-refractivity contribution in [1.82, 2.24) is 24.6 Å². The molecule has 0 aliphatic heterocycles. The van der Waals surface area contributed by atoms with E-state index in [1.165, 1.54) is 0 Å². The molecule has 2 heterocycles. The first-order valence-corrected chi connectivity index (χ1v) is 11.4. The van der Waals surface area contributed by atoms with Crippen molar-refractivity contribution < 1.29 is 4.79 Å². The molecule has 0 bridgehead atoms. The second kappa shape index (κ2) is 10.3. The van der Waals surface area contributed by atoms with Crippen molar-refractivity contribution in [3.63, 3.8) is 0 Å². The molecule has 0 atom stereocenters. The molecule has 4 rings (SSSR count). The number of hydrogen-bond acceptors (Lipinski definition) is 5. The molecule has 2 aromatic carbocycles. The van der Waals surface area contributed by atoms with E-state index < -0.39 is 17.2 Å². The van der Waals surface area contributed by atoms with Gasteiger partial charge in [0.05, 0.1) is 12.2 Å². The van der Waals surface area contributed by atoms with E-state index in [-0.39, 0.29) is 18.8 Å². The monoisotopic (exact) mass is 469 g/mol. The quantitative estimate of drug-likeness (QED) is 0.449. The molecule has 0 saturated carbocycles. The number of carbonyl (C=O) groups excluding carboxylic acids is 1. The highest BCUT2D eigenvalue weighted by Gasteiger charge is 2.20. The van der Waals surface area contributed by atoms with Gasteiger partial charge in [-0.3, -0.25) is 19.1 Å². The number of hydrogen-bond donors (Lipinski definition) is 1. The van der Waals surface area contributed by atoms with Crippen LogP contribution in [0.4, 0.5) is 0 Å². The third-order valence-electron chi connectivity index (χ3n) is 5.58. The zero-order valence-corrected chi connectivity index (χ0v) is 20.0. The van der Waals surface area contributed by atoms with Crippen LogP contribution in [0, 0.1) is 20.8 Å². The smallest absolute Gasteiger partial charge is 0.350 e. The Balaban J connectivity index is 1.74. The topological polar surface area (TPSA) is 98.9 Å². The van der Waals surface area contributed by atoms with Crippen molar-refractivity contribution in [3.8, 4) is 5.69 Å². The third-order valence-corrected chi connectivity index (χ3v) is 5.58. The first-order chi connectivity index (χ1) is 16.8. The Hall–Kier alpha value is -4.33. The van der Waals surface area contributed by atoms with Crippen LogP contribution in [0.3, 0.4) is 0 Å². The predicted octanol–water partition coefficient (Wildman–Crippen LogP) is 2.74. The average molecular weight is 470 g/mol. The molecule has 35 heavy (non-hydrogen) atoms. The van der Waals surface area contributed by atoms with Crippen molar-refractivity contribution in [1.29, 1.82) is 0 Å². The molecule has 4 aromatic rings. The minimum atomic E-state index is -0.730. The summed E-state index contributed by atoms with van der Waals surface area (Å²) in [6.45, 7) is 6.09. The third kappa shape index (κ3) is 5.60. The number of aryl methyl sites for hydroxylation is 3. The van der Waals surface area contributed by atoms with Crippen LogP contribution in [0.1, 0.15) is 38.4 Å². The molecular formula is C27H27N5O3. The summed E-state index contributed by atoms with van der Waals surface area (Å²) in [6.07, 6.45) is 2.18. The SMILES string of the molecule is Cc1ccc(Cn2c(=O)c(C(=O)NCCc3ccccn3)nn(-c3cc(C)cc(C)c3)c2=O)cc1. The van der Waals surface area contributed by atoms with E-state index in [1.807, 2.05) is 69.3 Å². The van der Waals surface area contributed by atoms with Gasteiger partial charge in [-0.1, -0.05) is 42.0 Å². The second-order valence-corrected chi connectivity index (χ2v) is 8.59. The highest BCUT2D eigenvalue weighted by Crippen LogP contribution is 2.11. The molecule has 2 aromatic heterocycles. The lowest BCUT2D eigenvalue weighted by molar-refractivity contribution is 0.0944. The molecule has 0 aliphatic rings. The number of nitrogens with zero attached hydrogens (tertiary/aromatic N) is 4. The van der Waals surface area contributed by atoms with E-state index in [9.17, 15) is 14.4 Å². The molecule has 1 N–H and O–H groups in total. The molecule has 0 saturated heterocycles. The Morgan fingerprint density at radius 2 is 1.63 bits per heavy atom. The maximum atomic E-state index is 13.4. The number of carbonyl (C=O) groups is 1. The Bertz CT molecular complexity index is 1450. The number of benzene rings is 2. The molecule has 8 nitrogen and oxygen atoms in total. The minimum Gasteiger partial charge on any atom is -0.350 e. The molecule has 0 unspecified atom stereocenters. The van der Waals surface area contributed by atoms with Gasteiger partial charge in [0.15, 0.2) is 0 Å². The number of pyridine rings is 1. The fourth-order valence-electron chi connectivity index (χ4n) is 3.85. The lowest BCUT2D eigenvalue weighted by Gasteiger charge is -2.13. The standard InChI is InChI=1S/C27H27N5O3/c1-18-7-9-21(10-8-18)17-31-26(34)24(25(33)29-13-11-22-6-4-5-12-28-22)30-32(27(31)35)23-15-19(2)14-20(3)16-23/h4-10,12,14-16H,11,13,17H2,1-3H3,(H,29,33). The van der Waals surface area contributed by atoms with Crippen molar-refractivity contribution in [2.24, 2.45) is 0 Å². The molecule has 0 aliphatic carbocycles. The van der Waals surface area contributed by atoms with Gasteiger partial charge in [0.2, 0.25) is 5.69 Å². The van der Waals surface area contributed by atoms with Crippen LogP contribution in [-0.2, 0) is 13.0 Å². The molecule has 0 radical (unpaired) electrons. The predicted molar refractivity (Wildman–Crippen MR) is 134 cm³/mol. The first kappa shape index (κ1) is 23.8. The van der Waals surface area contributed by atoms with Crippen molar-refractivity contribution in [3.05, 3.63) is 121 Å². The van der Waals surface area contributed by atoms with Crippen LogP contribution >= 0.6 is 0 Å².